The standard InChI is InChI=1S/C27H26N4O2/c1-20-27(32)31(22-9-4-3-5-10-22)23-11-7-13-26(15-23)33-25-12-6-8-21(14-25)17-30-19-28-16-24(30)18-29(20)2/h3-16,19-20H,17-18H2,1-2H3. The lowest BCUT2D eigenvalue weighted by Gasteiger charge is -2.31. The van der Waals surface area contributed by atoms with E-state index in [9.17, 15) is 4.79 Å². The minimum atomic E-state index is -0.357. The zero-order valence-electron chi connectivity index (χ0n) is 18.8. The molecule has 1 aliphatic heterocycles. The maximum atomic E-state index is 13.8. The number of hydrogen-bond acceptors (Lipinski definition) is 4. The van der Waals surface area contributed by atoms with E-state index in [1.165, 1.54) is 0 Å². The fourth-order valence-electron chi connectivity index (χ4n) is 4.10. The first-order chi connectivity index (χ1) is 16.1. The third-order valence-corrected chi connectivity index (χ3v) is 6.03. The zero-order chi connectivity index (χ0) is 22.8. The van der Waals surface area contributed by atoms with E-state index in [-0.39, 0.29) is 11.9 Å². The van der Waals surface area contributed by atoms with E-state index < -0.39 is 0 Å². The summed E-state index contributed by atoms with van der Waals surface area (Å²) >= 11 is 0. The Bertz CT molecular complexity index is 1270. The van der Waals surface area contributed by atoms with Crippen molar-refractivity contribution in [3.8, 4) is 11.5 Å². The van der Waals surface area contributed by atoms with E-state index in [0.29, 0.717) is 18.8 Å². The Balaban J connectivity index is 1.63. The predicted molar refractivity (Wildman–Crippen MR) is 129 cm³/mol. The number of ether oxygens (including phenoxy) is 1. The van der Waals surface area contributed by atoms with Crippen molar-refractivity contribution in [1.82, 2.24) is 14.5 Å². The SMILES string of the molecule is CC1C(=O)N(c2ccccc2)c2cccc(c2)Oc2cccc(c2)Cn2cncc2CN1C. The van der Waals surface area contributed by atoms with Crippen LogP contribution in [0.25, 0.3) is 0 Å². The summed E-state index contributed by atoms with van der Waals surface area (Å²) in [7, 11) is 1.97. The Kier molecular flexibility index (Phi) is 5.67. The van der Waals surface area contributed by atoms with Gasteiger partial charge < -0.3 is 9.30 Å². The highest BCUT2D eigenvalue weighted by Crippen LogP contribution is 2.32. The Morgan fingerprint density at radius 2 is 1.61 bits per heavy atom. The average Bonchev–Trinajstić information content (AvgIpc) is 3.25. The van der Waals surface area contributed by atoms with Crippen LogP contribution < -0.4 is 9.64 Å². The molecule has 0 N–H and O–H groups in total. The Labute approximate surface area is 193 Å². The van der Waals surface area contributed by atoms with Crippen LogP contribution in [0.2, 0.25) is 0 Å². The van der Waals surface area contributed by atoms with Crippen LogP contribution in [0.1, 0.15) is 18.2 Å². The Morgan fingerprint density at radius 1 is 0.879 bits per heavy atom. The van der Waals surface area contributed by atoms with Crippen molar-refractivity contribution < 1.29 is 9.53 Å². The first kappa shape index (κ1) is 21.0. The number of nitrogens with zero attached hydrogens (tertiary/aromatic N) is 4. The Morgan fingerprint density at radius 3 is 2.42 bits per heavy atom. The molecular weight excluding hydrogens is 412 g/mol. The van der Waals surface area contributed by atoms with Crippen molar-refractivity contribution in [3.05, 3.63) is 103 Å². The third kappa shape index (κ3) is 4.38. The van der Waals surface area contributed by atoms with Gasteiger partial charge in [0.2, 0.25) is 5.91 Å². The molecule has 1 amide bonds. The van der Waals surface area contributed by atoms with Gasteiger partial charge in [0.25, 0.3) is 0 Å². The molecule has 0 saturated carbocycles. The van der Waals surface area contributed by atoms with Crippen molar-refractivity contribution in [2.24, 2.45) is 0 Å². The van der Waals surface area contributed by atoms with Gasteiger partial charge in [0.15, 0.2) is 0 Å². The molecular formula is C27H26N4O2. The molecule has 33 heavy (non-hydrogen) atoms. The number of anilines is 2. The van der Waals surface area contributed by atoms with Gasteiger partial charge in [-0.1, -0.05) is 36.4 Å². The molecule has 0 radical (unpaired) electrons. The molecule has 4 aromatic rings. The van der Waals surface area contributed by atoms with Gasteiger partial charge in [-0.15, -0.1) is 0 Å². The van der Waals surface area contributed by atoms with Crippen LogP contribution >= 0.6 is 0 Å². The van der Waals surface area contributed by atoms with E-state index in [0.717, 1.165) is 28.4 Å². The lowest BCUT2D eigenvalue weighted by molar-refractivity contribution is -0.122. The van der Waals surface area contributed by atoms with Crippen LogP contribution in [0.4, 0.5) is 11.4 Å². The van der Waals surface area contributed by atoms with Gasteiger partial charge >= 0.3 is 0 Å². The number of hydrogen-bond donors (Lipinski definition) is 0. The second-order valence-corrected chi connectivity index (χ2v) is 8.36. The number of rotatable bonds is 1. The maximum absolute atomic E-state index is 13.8. The largest absolute Gasteiger partial charge is 0.457 e. The van der Waals surface area contributed by atoms with Crippen LogP contribution in [0.5, 0.6) is 11.5 Å². The predicted octanol–water partition coefficient (Wildman–Crippen LogP) is 5.22. The minimum absolute atomic E-state index is 0.0117. The number of carbonyl (C=O) groups is 1. The van der Waals surface area contributed by atoms with E-state index in [1.54, 1.807) is 4.90 Å². The second-order valence-electron chi connectivity index (χ2n) is 8.36. The maximum Gasteiger partial charge on any atom is 0.248 e. The third-order valence-electron chi connectivity index (χ3n) is 6.03. The lowest BCUT2D eigenvalue weighted by Crippen LogP contribution is -2.43. The van der Waals surface area contributed by atoms with Crippen molar-refractivity contribution >= 4 is 17.3 Å². The molecule has 0 saturated heterocycles. The van der Waals surface area contributed by atoms with Crippen molar-refractivity contribution in [2.45, 2.75) is 26.1 Å². The molecule has 166 valence electrons. The van der Waals surface area contributed by atoms with Gasteiger partial charge in [0.1, 0.15) is 11.5 Å². The number of fused-ring (bicyclic) bond motifs is 5. The quantitative estimate of drug-likeness (QED) is 0.409. The number of benzene rings is 3. The summed E-state index contributed by atoms with van der Waals surface area (Å²) < 4.78 is 8.31. The summed E-state index contributed by atoms with van der Waals surface area (Å²) in [6.45, 7) is 3.23. The monoisotopic (exact) mass is 438 g/mol. The van der Waals surface area contributed by atoms with E-state index in [4.69, 9.17) is 4.74 Å². The average molecular weight is 439 g/mol. The Hall–Kier alpha value is -3.90. The van der Waals surface area contributed by atoms with Crippen molar-refractivity contribution in [2.75, 3.05) is 11.9 Å². The van der Waals surface area contributed by atoms with Gasteiger partial charge in [-0.25, -0.2) is 4.98 Å². The fourth-order valence-corrected chi connectivity index (χ4v) is 4.10. The first-order valence-corrected chi connectivity index (χ1v) is 11.0. The van der Waals surface area contributed by atoms with Crippen LogP contribution in [-0.2, 0) is 17.9 Å². The van der Waals surface area contributed by atoms with Gasteiger partial charge in [0, 0.05) is 31.0 Å². The summed E-state index contributed by atoms with van der Waals surface area (Å²) in [6, 6.07) is 25.1. The molecule has 0 spiro atoms. The van der Waals surface area contributed by atoms with Crippen molar-refractivity contribution in [3.63, 3.8) is 0 Å². The van der Waals surface area contributed by atoms with Crippen LogP contribution in [-0.4, -0.2) is 33.4 Å². The highest BCUT2D eigenvalue weighted by atomic mass is 16.5. The number of imidazole rings is 1. The molecule has 1 aliphatic rings. The smallest absolute Gasteiger partial charge is 0.248 e. The normalized spacial score (nSPS) is 17.0. The highest BCUT2D eigenvalue weighted by Gasteiger charge is 2.27. The minimum Gasteiger partial charge on any atom is -0.457 e. The zero-order valence-corrected chi connectivity index (χ0v) is 18.8. The lowest BCUT2D eigenvalue weighted by atomic mass is 10.1. The van der Waals surface area contributed by atoms with Crippen LogP contribution in [0, 0.1) is 0 Å². The topological polar surface area (TPSA) is 50.6 Å². The summed E-state index contributed by atoms with van der Waals surface area (Å²) in [4.78, 5) is 22.0. The molecule has 0 aliphatic carbocycles. The molecule has 4 bridgehead atoms. The molecule has 5 rings (SSSR count). The van der Waals surface area contributed by atoms with Gasteiger partial charge in [-0.3, -0.25) is 14.6 Å². The molecule has 1 unspecified atom stereocenters. The molecule has 6 heteroatoms. The van der Waals surface area contributed by atoms with Crippen LogP contribution in [0.15, 0.2) is 91.4 Å². The number of para-hydroxylation sites is 1. The molecule has 3 aromatic carbocycles. The summed E-state index contributed by atoms with van der Waals surface area (Å²) in [5, 5.41) is 0. The number of carbonyl (C=O) groups excluding carboxylic acids is 1. The molecule has 1 aromatic heterocycles. The van der Waals surface area contributed by atoms with Crippen LogP contribution in [0.3, 0.4) is 0 Å². The van der Waals surface area contributed by atoms with E-state index in [1.807, 2.05) is 99.3 Å². The highest BCUT2D eigenvalue weighted by molar-refractivity contribution is 6.03. The fraction of sp³-hybridized carbons (Fsp3) is 0.185. The molecule has 1 atom stereocenters. The van der Waals surface area contributed by atoms with E-state index >= 15 is 0 Å². The van der Waals surface area contributed by atoms with E-state index in [2.05, 4.69) is 20.5 Å². The number of likely N-dealkylation sites (N-methyl/N-ethyl adjacent to an activating group) is 1. The molecule has 2 heterocycles. The number of amides is 1. The summed E-state index contributed by atoms with van der Waals surface area (Å²) in [6.07, 6.45) is 3.70. The first-order valence-electron chi connectivity index (χ1n) is 11.0. The number of aromatic nitrogens is 2. The molecule has 0 fully saturated rings. The summed E-state index contributed by atoms with van der Waals surface area (Å²) in [5.41, 5.74) is 3.75. The second kappa shape index (κ2) is 8.92. The van der Waals surface area contributed by atoms with Gasteiger partial charge in [-0.05, 0) is 55.9 Å². The van der Waals surface area contributed by atoms with Gasteiger partial charge in [-0.2, -0.15) is 0 Å². The van der Waals surface area contributed by atoms with Crippen molar-refractivity contribution in [1.29, 1.82) is 0 Å². The molecule has 6 nitrogen and oxygen atoms in total. The van der Waals surface area contributed by atoms with Gasteiger partial charge in [0.05, 0.1) is 23.8 Å². The summed E-state index contributed by atoms with van der Waals surface area (Å²) in [5.74, 6) is 1.42.